The zero-order valence-corrected chi connectivity index (χ0v) is 12.3. The van der Waals surface area contributed by atoms with Crippen molar-refractivity contribution in [3.8, 4) is 0 Å². The lowest BCUT2D eigenvalue weighted by atomic mass is 10.2. The van der Waals surface area contributed by atoms with Gasteiger partial charge in [0.1, 0.15) is 0 Å². The quantitative estimate of drug-likeness (QED) is 0.678. The van der Waals surface area contributed by atoms with E-state index in [0.29, 0.717) is 10.9 Å². The van der Waals surface area contributed by atoms with E-state index >= 15 is 0 Å². The van der Waals surface area contributed by atoms with Crippen LogP contribution in [-0.4, -0.2) is 49.4 Å². The van der Waals surface area contributed by atoms with E-state index in [4.69, 9.17) is 0 Å². The number of hydrazine groups is 1. The number of carbonyl (C=O) groups is 2. The van der Waals surface area contributed by atoms with Gasteiger partial charge >= 0.3 is 0 Å². The fourth-order valence-electron chi connectivity index (χ4n) is 2.23. The van der Waals surface area contributed by atoms with E-state index in [0.717, 1.165) is 19.5 Å². The van der Waals surface area contributed by atoms with Crippen LogP contribution in [0.4, 0.5) is 0 Å². The SMILES string of the molecule is CN(CC(=O)NNC(=O)c1cccs1)CC1CCCN1. The zero-order valence-electron chi connectivity index (χ0n) is 11.5. The van der Waals surface area contributed by atoms with E-state index in [1.807, 2.05) is 17.3 Å². The molecule has 0 radical (unpaired) electrons. The highest BCUT2D eigenvalue weighted by atomic mass is 32.1. The first-order valence-electron chi connectivity index (χ1n) is 6.70. The van der Waals surface area contributed by atoms with Crippen LogP contribution in [0.1, 0.15) is 22.5 Å². The van der Waals surface area contributed by atoms with Gasteiger partial charge < -0.3 is 5.32 Å². The molecular formula is C13H20N4O2S. The smallest absolute Gasteiger partial charge is 0.279 e. The maximum atomic E-state index is 11.7. The van der Waals surface area contributed by atoms with Gasteiger partial charge in [0.25, 0.3) is 11.8 Å². The van der Waals surface area contributed by atoms with Gasteiger partial charge in [-0.2, -0.15) is 0 Å². The summed E-state index contributed by atoms with van der Waals surface area (Å²) in [4.78, 5) is 25.9. The molecule has 1 unspecified atom stereocenters. The van der Waals surface area contributed by atoms with E-state index in [-0.39, 0.29) is 18.4 Å². The molecule has 0 spiro atoms. The van der Waals surface area contributed by atoms with Crippen molar-refractivity contribution in [3.63, 3.8) is 0 Å². The fourth-order valence-corrected chi connectivity index (χ4v) is 2.85. The second-order valence-electron chi connectivity index (χ2n) is 4.97. The van der Waals surface area contributed by atoms with Crippen LogP contribution in [0.15, 0.2) is 17.5 Å². The summed E-state index contributed by atoms with van der Waals surface area (Å²) >= 11 is 1.34. The summed E-state index contributed by atoms with van der Waals surface area (Å²) in [6.45, 7) is 2.16. The second-order valence-corrected chi connectivity index (χ2v) is 5.92. The number of hydrogen-bond donors (Lipinski definition) is 3. The Morgan fingerprint density at radius 1 is 1.50 bits per heavy atom. The Hall–Kier alpha value is -1.44. The first-order valence-corrected chi connectivity index (χ1v) is 7.58. The fraction of sp³-hybridized carbons (Fsp3) is 0.538. The van der Waals surface area contributed by atoms with Crippen molar-refractivity contribution >= 4 is 23.2 Å². The number of thiophene rings is 1. The Labute approximate surface area is 122 Å². The van der Waals surface area contributed by atoms with Gasteiger partial charge in [-0.15, -0.1) is 11.3 Å². The lowest BCUT2D eigenvalue weighted by molar-refractivity contribution is -0.122. The lowest BCUT2D eigenvalue weighted by Gasteiger charge is -2.20. The van der Waals surface area contributed by atoms with Crippen molar-refractivity contribution in [3.05, 3.63) is 22.4 Å². The molecule has 2 rings (SSSR count). The molecule has 1 fully saturated rings. The van der Waals surface area contributed by atoms with Gasteiger partial charge in [0, 0.05) is 12.6 Å². The molecular weight excluding hydrogens is 276 g/mol. The molecule has 20 heavy (non-hydrogen) atoms. The summed E-state index contributed by atoms with van der Waals surface area (Å²) < 4.78 is 0. The standard InChI is InChI=1S/C13H20N4O2S/c1-17(8-10-4-2-6-14-10)9-12(18)15-16-13(19)11-5-3-7-20-11/h3,5,7,10,14H,2,4,6,8-9H2,1H3,(H,15,18)(H,16,19). The average molecular weight is 296 g/mol. The minimum Gasteiger partial charge on any atom is -0.313 e. The van der Waals surface area contributed by atoms with Crippen LogP contribution in [0, 0.1) is 0 Å². The molecule has 1 aliphatic rings. The first kappa shape index (κ1) is 15.0. The number of rotatable bonds is 5. The largest absolute Gasteiger partial charge is 0.313 e. The van der Waals surface area contributed by atoms with E-state index in [1.54, 1.807) is 12.1 Å². The Bertz CT molecular complexity index is 443. The maximum absolute atomic E-state index is 11.7. The summed E-state index contributed by atoms with van der Waals surface area (Å²) in [7, 11) is 1.90. The molecule has 3 N–H and O–H groups in total. The highest BCUT2D eigenvalue weighted by molar-refractivity contribution is 7.12. The number of likely N-dealkylation sites (N-methyl/N-ethyl adjacent to an activating group) is 1. The number of nitrogens with one attached hydrogen (secondary N) is 3. The molecule has 0 saturated carbocycles. The average Bonchev–Trinajstić information content (AvgIpc) is 3.08. The summed E-state index contributed by atoms with van der Waals surface area (Å²) in [5.74, 6) is -0.496. The van der Waals surface area contributed by atoms with Gasteiger partial charge in [-0.25, -0.2) is 0 Å². The highest BCUT2D eigenvalue weighted by Crippen LogP contribution is 2.07. The number of carbonyl (C=O) groups excluding carboxylic acids is 2. The van der Waals surface area contributed by atoms with Gasteiger partial charge in [0.2, 0.25) is 0 Å². The normalized spacial score (nSPS) is 18.2. The first-order chi connectivity index (χ1) is 9.65. The van der Waals surface area contributed by atoms with Gasteiger partial charge in [0.15, 0.2) is 0 Å². The number of amides is 2. The van der Waals surface area contributed by atoms with Crippen LogP contribution < -0.4 is 16.2 Å². The molecule has 1 aliphatic heterocycles. The highest BCUT2D eigenvalue weighted by Gasteiger charge is 2.17. The summed E-state index contributed by atoms with van der Waals surface area (Å²) in [5.41, 5.74) is 4.85. The minimum atomic E-state index is -0.284. The predicted molar refractivity (Wildman–Crippen MR) is 78.4 cm³/mol. The molecule has 6 nitrogen and oxygen atoms in total. The molecule has 110 valence electrons. The lowest BCUT2D eigenvalue weighted by Crippen LogP contribution is -2.47. The number of hydrogen-bond acceptors (Lipinski definition) is 5. The molecule has 2 heterocycles. The molecule has 1 aromatic rings. The Balaban J connectivity index is 1.65. The van der Waals surface area contributed by atoms with Crippen molar-refractivity contribution in [2.24, 2.45) is 0 Å². The van der Waals surface area contributed by atoms with Crippen molar-refractivity contribution in [1.29, 1.82) is 0 Å². The van der Waals surface area contributed by atoms with E-state index in [2.05, 4.69) is 16.2 Å². The predicted octanol–water partition coefficient (Wildman–Crippen LogP) is 0.193. The van der Waals surface area contributed by atoms with Crippen molar-refractivity contribution < 1.29 is 9.59 Å². The van der Waals surface area contributed by atoms with E-state index in [1.165, 1.54) is 17.8 Å². The molecule has 0 aromatic carbocycles. The van der Waals surface area contributed by atoms with E-state index in [9.17, 15) is 9.59 Å². The van der Waals surface area contributed by atoms with Crippen molar-refractivity contribution in [2.45, 2.75) is 18.9 Å². The monoisotopic (exact) mass is 296 g/mol. The maximum Gasteiger partial charge on any atom is 0.279 e. The van der Waals surface area contributed by atoms with Crippen LogP contribution in [0.2, 0.25) is 0 Å². The molecule has 0 bridgehead atoms. The Kier molecular flexibility index (Phi) is 5.51. The van der Waals surface area contributed by atoms with Gasteiger partial charge in [-0.1, -0.05) is 6.07 Å². The van der Waals surface area contributed by atoms with Crippen LogP contribution in [0.25, 0.3) is 0 Å². The third kappa shape index (κ3) is 4.59. The van der Waals surface area contributed by atoms with Crippen LogP contribution in [0.3, 0.4) is 0 Å². The van der Waals surface area contributed by atoms with Gasteiger partial charge in [0.05, 0.1) is 11.4 Å². The van der Waals surface area contributed by atoms with E-state index < -0.39 is 0 Å². The number of nitrogens with zero attached hydrogens (tertiary/aromatic N) is 1. The van der Waals surface area contributed by atoms with Crippen LogP contribution in [-0.2, 0) is 4.79 Å². The minimum absolute atomic E-state index is 0.213. The summed E-state index contributed by atoms with van der Waals surface area (Å²) in [6, 6.07) is 3.97. The molecule has 0 aliphatic carbocycles. The summed E-state index contributed by atoms with van der Waals surface area (Å²) in [6.07, 6.45) is 2.35. The van der Waals surface area contributed by atoms with Crippen LogP contribution in [0.5, 0.6) is 0 Å². The zero-order chi connectivity index (χ0) is 14.4. The molecule has 2 amide bonds. The van der Waals surface area contributed by atoms with Crippen molar-refractivity contribution in [2.75, 3.05) is 26.7 Å². The molecule has 1 aromatic heterocycles. The van der Waals surface area contributed by atoms with Gasteiger partial charge in [-0.05, 0) is 37.9 Å². The third-order valence-electron chi connectivity index (χ3n) is 3.17. The Morgan fingerprint density at radius 2 is 2.35 bits per heavy atom. The summed E-state index contributed by atoms with van der Waals surface area (Å²) in [5, 5.41) is 5.21. The topological polar surface area (TPSA) is 73.5 Å². The molecule has 7 heteroatoms. The van der Waals surface area contributed by atoms with Crippen molar-refractivity contribution in [1.82, 2.24) is 21.1 Å². The van der Waals surface area contributed by atoms with Gasteiger partial charge in [-0.3, -0.25) is 25.3 Å². The molecule has 1 saturated heterocycles. The Morgan fingerprint density at radius 3 is 3.00 bits per heavy atom. The van der Waals surface area contributed by atoms with Crippen LogP contribution >= 0.6 is 11.3 Å². The second kappa shape index (κ2) is 7.37. The molecule has 1 atom stereocenters. The third-order valence-corrected chi connectivity index (χ3v) is 4.04.